The Morgan fingerprint density at radius 1 is 1.47 bits per heavy atom. The summed E-state index contributed by atoms with van der Waals surface area (Å²) in [6.07, 6.45) is 3.18. The number of fused-ring (bicyclic) bond motifs is 1. The summed E-state index contributed by atoms with van der Waals surface area (Å²) in [7, 11) is 0. The maximum absolute atomic E-state index is 10.9. The van der Waals surface area contributed by atoms with Gasteiger partial charge in [0.25, 0.3) is 0 Å². The van der Waals surface area contributed by atoms with Crippen molar-refractivity contribution in [2.75, 3.05) is 11.9 Å². The third-order valence-electron chi connectivity index (χ3n) is 3.65. The lowest BCUT2D eigenvalue weighted by molar-refractivity contribution is -0.141. The van der Waals surface area contributed by atoms with Crippen molar-refractivity contribution in [3.63, 3.8) is 0 Å². The molecule has 8 heteroatoms. The van der Waals surface area contributed by atoms with Gasteiger partial charge in [-0.3, -0.25) is 4.79 Å². The quantitative estimate of drug-likeness (QED) is 0.811. The van der Waals surface area contributed by atoms with Gasteiger partial charge in [-0.05, 0) is 40.8 Å². The van der Waals surface area contributed by atoms with E-state index in [4.69, 9.17) is 5.11 Å². The van der Waals surface area contributed by atoms with Crippen LogP contribution in [0.5, 0.6) is 0 Å². The molecule has 2 aromatic rings. The molecule has 19 heavy (non-hydrogen) atoms. The Kier molecular flexibility index (Phi) is 2.77. The fraction of sp³-hybridized carbons (Fsp3) is 0.545. The van der Waals surface area contributed by atoms with Crippen molar-refractivity contribution in [3.8, 4) is 0 Å². The number of anilines is 1. The average Bonchev–Trinajstić information content (AvgIpc) is 2.79. The van der Waals surface area contributed by atoms with Crippen LogP contribution in [0, 0.1) is 5.41 Å². The van der Waals surface area contributed by atoms with Crippen LogP contribution >= 0.6 is 0 Å². The van der Waals surface area contributed by atoms with Gasteiger partial charge in [-0.25, -0.2) is 0 Å². The zero-order chi connectivity index (χ0) is 13.3. The van der Waals surface area contributed by atoms with Crippen LogP contribution in [0.25, 0.3) is 5.65 Å². The van der Waals surface area contributed by atoms with Gasteiger partial charge in [-0.1, -0.05) is 6.42 Å². The predicted molar refractivity (Wildman–Crippen MR) is 65.6 cm³/mol. The van der Waals surface area contributed by atoms with E-state index in [9.17, 15) is 4.79 Å². The third kappa shape index (κ3) is 2.33. The van der Waals surface area contributed by atoms with Crippen molar-refractivity contribution in [2.24, 2.45) is 5.41 Å². The number of carbonyl (C=O) groups is 1. The highest BCUT2D eigenvalue weighted by atomic mass is 16.4. The van der Waals surface area contributed by atoms with Crippen LogP contribution in [0.4, 0.5) is 5.82 Å². The number of carboxylic acids is 1. The Bertz CT molecular complexity index is 606. The van der Waals surface area contributed by atoms with E-state index in [1.54, 1.807) is 12.1 Å². The van der Waals surface area contributed by atoms with Gasteiger partial charge in [0.1, 0.15) is 5.82 Å². The second-order valence-corrected chi connectivity index (χ2v) is 5.02. The zero-order valence-corrected chi connectivity index (χ0v) is 10.3. The molecule has 2 heterocycles. The molecule has 0 spiro atoms. The molecule has 3 rings (SSSR count). The normalized spacial score (nSPS) is 17.1. The van der Waals surface area contributed by atoms with Crippen molar-refractivity contribution >= 4 is 17.4 Å². The smallest absolute Gasteiger partial charge is 0.303 e. The molecule has 1 aliphatic carbocycles. The van der Waals surface area contributed by atoms with Gasteiger partial charge >= 0.3 is 5.97 Å². The molecule has 8 nitrogen and oxygen atoms in total. The maximum atomic E-state index is 10.9. The molecule has 0 saturated heterocycles. The summed E-state index contributed by atoms with van der Waals surface area (Å²) in [5.74, 6) is -0.0955. The number of rotatable bonds is 5. The van der Waals surface area contributed by atoms with Crippen LogP contribution < -0.4 is 5.32 Å². The van der Waals surface area contributed by atoms with Gasteiger partial charge in [-0.15, -0.1) is 14.8 Å². The molecule has 0 aromatic carbocycles. The van der Waals surface area contributed by atoms with E-state index in [0.717, 1.165) is 19.3 Å². The summed E-state index contributed by atoms with van der Waals surface area (Å²) in [5, 5.41) is 27.3. The largest absolute Gasteiger partial charge is 0.481 e. The van der Waals surface area contributed by atoms with E-state index >= 15 is 0 Å². The van der Waals surface area contributed by atoms with E-state index < -0.39 is 5.97 Å². The van der Waals surface area contributed by atoms with Crippen LogP contribution in [0.2, 0.25) is 0 Å². The molecular weight excluding hydrogens is 248 g/mol. The second-order valence-electron chi connectivity index (χ2n) is 5.02. The number of nitrogens with one attached hydrogen (secondary N) is 1. The van der Waals surface area contributed by atoms with Gasteiger partial charge in [0.2, 0.25) is 0 Å². The van der Waals surface area contributed by atoms with Crippen LogP contribution in [-0.2, 0) is 4.79 Å². The summed E-state index contributed by atoms with van der Waals surface area (Å²) in [6, 6.07) is 3.55. The molecule has 2 aromatic heterocycles. The van der Waals surface area contributed by atoms with Gasteiger partial charge in [0.05, 0.1) is 6.42 Å². The van der Waals surface area contributed by atoms with Gasteiger partial charge in [0, 0.05) is 6.54 Å². The van der Waals surface area contributed by atoms with E-state index in [1.807, 2.05) is 0 Å². The second kappa shape index (κ2) is 4.45. The molecule has 0 aliphatic heterocycles. The Balaban J connectivity index is 1.69. The van der Waals surface area contributed by atoms with Crippen LogP contribution in [0.15, 0.2) is 12.1 Å². The number of hydrogen-bond acceptors (Lipinski definition) is 6. The van der Waals surface area contributed by atoms with Crippen LogP contribution in [0.3, 0.4) is 0 Å². The van der Waals surface area contributed by atoms with Crippen LogP contribution in [-0.4, -0.2) is 42.9 Å². The molecule has 0 amide bonds. The highest BCUT2D eigenvalue weighted by Crippen LogP contribution is 2.43. The van der Waals surface area contributed by atoms with Crippen LogP contribution in [0.1, 0.15) is 25.7 Å². The van der Waals surface area contributed by atoms with Gasteiger partial charge in [-0.2, -0.15) is 0 Å². The Morgan fingerprint density at radius 3 is 3.00 bits per heavy atom. The van der Waals surface area contributed by atoms with Crippen molar-refractivity contribution in [1.29, 1.82) is 0 Å². The number of aliphatic carboxylic acids is 1. The fourth-order valence-corrected chi connectivity index (χ4v) is 2.44. The highest BCUT2D eigenvalue weighted by Gasteiger charge is 2.38. The molecule has 2 N–H and O–H groups in total. The first-order chi connectivity index (χ1) is 9.17. The minimum absolute atomic E-state index is 0.136. The number of nitrogens with zero attached hydrogens (tertiary/aromatic N) is 5. The lowest BCUT2D eigenvalue weighted by Crippen LogP contribution is -2.38. The third-order valence-corrected chi connectivity index (χ3v) is 3.65. The zero-order valence-electron chi connectivity index (χ0n) is 10.3. The lowest BCUT2D eigenvalue weighted by atomic mass is 9.66. The summed E-state index contributed by atoms with van der Waals surface area (Å²) in [5.41, 5.74) is 0.442. The minimum atomic E-state index is -0.745. The van der Waals surface area contributed by atoms with E-state index in [2.05, 4.69) is 25.9 Å². The number of aromatic nitrogens is 5. The Hall–Kier alpha value is -2.25. The van der Waals surface area contributed by atoms with E-state index in [1.165, 1.54) is 4.63 Å². The van der Waals surface area contributed by atoms with Crippen molar-refractivity contribution < 1.29 is 9.90 Å². The SMILES string of the molecule is O=C(O)CC1(CNc2ccc3nnnn3n2)CCC1. The molecule has 1 saturated carbocycles. The molecule has 0 radical (unpaired) electrons. The van der Waals surface area contributed by atoms with Gasteiger partial charge < -0.3 is 10.4 Å². The molecule has 0 unspecified atom stereocenters. The van der Waals surface area contributed by atoms with Gasteiger partial charge in [0.15, 0.2) is 5.65 Å². The first-order valence-corrected chi connectivity index (χ1v) is 6.18. The van der Waals surface area contributed by atoms with Crippen molar-refractivity contribution in [2.45, 2.75) is 25.7 Å². The topological polar surface area (TPSA) is 105 Å². The predicted octanol–water partition coefficient (Wildman–Crippen LogP) is 0.576. The van der Waals surface area contributed by atoms with Crippen molar-refractivity contribution in [3.05, 3.63) is 12.1 Å². The highest BCUT2D eigenvalue weighted by molar-refractivity contribution is 5.68. The summed E-state index contributed by atoms with van der Waals surface area (Å²) >= 11 is 0. The summed E-state index contributed by atoms with van der Waals surface area (Å²) < 4.78 is 1.34. The standard InChI is InChI=1S/C11H14N6O2/c18-10(19)6-11(4-1-5-11)7-12-8-2-3-9-13-15-16-17(9)14-8/h2-3H,1,4-7H2,(H,12,14)(H,18,19). The Labute approximate surface area is 108 Å². The summed E-state index contributed by atoms with van der Waals surface area (Å²) in [6.45, 7) is 0.611. The molecule has 1 fully saturated rings. The minimum Gasteiger partial charge on any atom is -0.481 e. The molecule has 0 bridgehead atoms. The first-order valence-electron chi connectivity index (χ1n) is 6.18. The molecule has 0 atom stereocenters. The number of hydrogen-bond donors (Lipinski definition) is 2. The number of carboxylic acid groups (broad SMARTS) is 1. The Morgan fingerprint density at radius 2 is 2.32 bits per heavy atom. The lowest BCUT2D eigenvalue weighted by Gasteiger charge is -2.40. The van der Waals surface area contributed by atoms with Crippen molar-refractivity contribution in [1.82, 2.24) is 25.3 Å². The molecular formula is C11H14N6O2. The molecule has 100 valence electrons. The van der Waals surface area contributed by atoms with E-state index in [-0.39, 0.29) is 11.8 Å². The molecule has 1 aliphatic rings. The van der Waals surface area contributed by atoms with E-state index in [0.29, 0.717) is 18.0 Å². The fourth-order valence-electron chi connectivity index (χ4n) is 2.44. The monoisotopic (exact) mass is 262 g/mol. The maximum Gasteiger partial charge on any atom is 0.303 e. The first kappa shape index (κ1) is 11.8. The summed E-state index contributed by atoms with van der Waals surface area (Å²) in [4.78, 5) is 10.9. The number of tetrazole rings is 1. The average molecular weight is 262 g/mol.